The van der Waals surface area contributed by atoms with Crippen LogP contribution in [0.2, 0.25) is 5.02 Å². The Hall–Kier alpha value is -1.29. The molecule has 0 amide bonds. The highest BCUT2D eigenvalue weighted by Crippen LogP contribution is 2.44. The van der Waals surface area contributed by atoms with Crippen molar-refractivity contribution >= 4 is 17.6 Å². The van der Waals surface area contributed by atoms with E-state index in [2.05, 4.69) is 4.98 Å². The summed E-state index contributed by atoms with van der Waals surface area (Å²) in [6, 6.07) is 0. The molecular formula is C11H12ClNO3. The molecular weight excluding hydrogens is 230 g/mol. The lowest BCUT2D eigenvalue weighted by Crippen LogP contribution is -2.14. The number of halogens is 1. The fourth-order valence-electron chi connectivity index (χ4n) is 1.92. The van der Waals surface area contributed by atoms with E-state index in [1.165, 1.54) is 13.3 Å². The van der Waals surface area contributed by atoms with Crippen molar-refractivity contribution < 1.29 is 14.6 Å². The topological polar surface area (TPSA) is 59.4 Å². The van der Waals surface area contributed by atoms with Crippen molar-refractivity contribution in [1.29, 1.82) is 0 Å². The van der Waals surface area contributed by atoms with Gasteiger partial charge in [-0.1, -0.05) is 18.0 Å². The first-order chi connectivity index (χ1) is 7.65. The maximum Gasteiger partial charge on any atom is 0.358 e. The maximum atomic E-state index is 11.0. The molecule has 0 radical (unpaired) electrons. The molecule has 1 aromatic heterocycles. The molecule has 86 valence electrons. The summed E-state index contributed by atoms with van der Waals surface area (Å²) in [7, 11) is 1.45. The number of hydrogen-bond donors (Lipinski definition) is 1. The van der Waals surface area contributed by atoms with Gasteiger partial charge in [0, 0.05) is 11.8 Å². The fraction of sp³-hybridized carbons (Fsp3) is 0.455. The first kappa shape index (κ1) is 11.2. The molecule has 1 fully saturated rings. The lowest BCUT2D eigenvalue weighted by atomic mass is 9.79. The first-order valence-electron chi connectivity index (χ1n) is 5.10. The number of carbonyl (C=O) groups is 1. The zero-order chi connectivity index (χ0) is 11.7. The number of ether oxygens (including phenoxy) is 1. The van der Waals surface area contributed by atoms with E-state index < -0.39 is 5.97 Å². The zero-order valence-corrected chi connectivity index (χ0v) is 9.62. The molecule has 0 spiro atoms. The number of carboxylic acid groups (broad SMARTS) is 1. The number of aromatic carboxylic acids is 1. The van der Waals surface area contributed by atoms with Gasteiger partial charge in [0.1, 0.15) is 0 Å². The molecule has 1 N–H and O–H groups in total. The molecule has 4 nitrogen and oxygen atoms in total. The van der Waals surface area contributed by atoms with Crippen LogP contribution in [0.15, 0.2) is 6.20 Å². The van der Waals surface area contributed by atoms with E-state index >= 15 is 0 Å². The second-order valence-corrected chi connectivity index (χ2v) is 4.24. The summed E-state index contributed by atoms with van der Waals surface area (Å²) in [6.45, 7) is 0. The minimum Gasteiger partial charge on any atom is -0.494 e. The Bertz CT molecular complexity index is 429. The summed E-state index contributed by atoms with van der Waals surface area (Å²) in [4.78, 5) is 14.8. The van der Waals surface area contributed by atoms with Crippen molar-refractivity contribution in [3.63, 3.8) is 0 Å². The van der Waals surface area contributed by atoms with Gasteiger partial charge in [-0.05, 0) is 18.8 Å². The predicted octanol–water partition coefficient (Wildman–Crippen LogP) is 2.71. The second-order valence-electron chi connectivity index (χ2n) is 3.83. The third-order valence-electron chi connectivity index (χ3n) is 2.94. The zero-order valence-electron chi connectivity index (χ0n) is 8.86. The standard InChI is InChI=1S/C11H12ClNO3/c1-16-10-8(6-3-2-4-6)7(12)5-13-9(10)11(14)15/h5-6H,2-4H2,1H3,(H,14,15). The SMILES string of the molecule is COc1c(C(=O)O)ncc(Cl)c1C1CCC1. The number of rotatable bonds is 3. The third-order valence-corrected chi connectivity index (χ3v) is 3.25. The smallest absolute Gasteiger partial charge is 0.358 e. The Kier molecular flexibility index (Phi) is 3.01. The molecule has 0 aliphatic heterocycles. The number of methoxy groups -OCH3 is 1. The highest BCUT2D eigenvalue weighted by atomic mass is 35.5. The van der Waals surface area contributed by atoms with Crippen molar-refractivity contribution in [2.45, 2.75) is 25.2 Å². The molecule has 1 heterocycles. The van der Waals surface area contributed by atoms with E-state index in [0.29, 0.717) is 16.7 Å². The molecule has 1 aliphatic carbocycles. The largest absolute Gasteiger partial charge is 0.494 e. The van der Waals surface area contributed by atoms with E-state index in [4.69, 9.17) is 21.4 Å². The summed E-state index contributed by atoms with van der Waals surface area (Å²) >= 11 is 6.06. The average molecular weight is 242 g/mol. The van der Waals surface area contributed by atoms with Crippen LogP contribution in [-0.4, -0.2) is 23.2 Å². The van der Waals surface area contributed by atoms with Crippen LogP contribution < -0.4 is 4.74 Å². The number of carboxylic acids is 1. The molecule has 0 atom stereocenters. The summed E-state index contributed by atoms with van der Waals surface area (Å²) in [6.07, 6.45) is 4.59. The van der Waals surface area contributed by atoms with Gasteiger partial charge in [-0.15, -0.1) is 0 Å². The van der Waals surface area contributed by atoms with Crippen molar-refractivity contribution in [1.82, 2.24) is 4.98 Å². The number of pyridine rings is 1. The van der Waals surface area contributed by atoms with Gasteiger partial charge in [0.25, 0.3) is 0 Å². The van der Waals surface area contributed by atoms with Gasteiger partial charge >= 0.3 is 5.97 Å². The van der Waals surface area contributed by atoms with E-state index in [1.807, 2.05) is 0 Å². The van der Waals surface area contributed by atoms with Crippen molar-refractivity contribution in [2.24, 2.45) is 0 Å². The average Bonchev–Trinajstić information content (AvgIpc) is 2.17. The molecule has 0 aromatic carbocycles. The summed E-state index contributed by atoms with van der Waals surface area (Å²) in [5.41, 5.74) is 0.733. The molecule has 1 aromatic rings. The maximum absolute atomic E-state index is 11.0. The van der Waals surface area contributed by atoms with Gasteiger partial charge in [0.2, 0.25) is 0 Å². The van der Waals surface area contributed by atoms with Gasteiger partial charge < -0.3 is 9.84 Å². The molecule has 1 aliphatic rings. The van der Waals surface area contributed by atoms with Crippen molar-refractivity contribution in [3.8, 4) is 5.75 Å². The van der Waals surface area contributed by atoms with Crippen LogP contribution in [0.5, 0.6) is 5.75 Å². The van der Waals surface area contributed by atoms with Crippen molar-refractivity contribution in [2.75, 3.05) is 7.11 Å². The van der Waals surface area contributed by atoms with E-state index in [0.717, 1.165) is 24.8 Å². The number of nitrogens with zero attached hydrogens (tertiary/aromatic N) is 1. The lowest BCUT2D eigenvalue weighted by molar-refractivity contribution is 0.0686. The molecule has 0 bridgehead atoms. The van der Waals surface area contributed by atoms with Crippen LogP contribution in [0.1, 0.15) is 41.2 Å². The Morgan fingerprint density at radius 3 is 2.75 bits per heavy atom. The Balaban J connectivity index is 2.54. The van der Waals surface area contributed by atoms with Crippen LogP contribution in [-0.2, 0) is 0 Å². The van der Waals surface area contributed by atoms with Crippen LogP contribution >= 0.6 is 11.6 Å². The Morgan fingerprint density at radius 1 is 1.62 bits per heavy atom. The molecule has 16 heavy (non-hydrogen) atoms. The van der Waals surface area contributed by atoms with Crippen LogP contribution in [0.25, 0.3) is 0 Å². The molecule has 5 heteroatoms. The minimum atomic E-state index is -1.09. The third kappa shape index (κ3) is 1.73. The summed E-state index contributed by atoms with van der Waals surface area (Å²) in [5, 5.41) is 9.49. The van der Waals surface area contributed by atoms with Gasteiger partial charge in [0.15, 0.2) is 11.4 Å². The Morgan fingerprint density at radius 2 is 2.31 bits per heavy atom. The Labute approximate surface area is 98.2 Å². The van der Waals surface area contributed by atoms with Crippen LogP contribution in [0, 0.1) is 0 Å². The molecule has 2 rings (SSSR count). The van der Waals surface area contributed by atoms with Crippen LogP contribution in [0.3, 0.4) is 0 Å². The molecule has 1 saturated carbocycles. The predicted molar refractivity (Wildman–Crippen MR) is 59.4 cm³/mol. The second kappa shape index (κ2) is 4.29. The normalized spacial score (nSPS) is 15.6. The highest BCUT2D eigenvalue weighted by Gasteiger charge is 2.29. The van der Waals surface area contributed by atoms with E-state index in [1.54, 1.807) is 0 Å². The van der Waals surface area contributed by atoms with Gasteiger partial charge in [-0.25, -0.2) is 9.78 Å². The van der Waals surface area contributed by atoms with Gasteiger partial charge in [-0.2, -0.15) is 0 Å². The molecule has 0 saturated heterocycles. The number of aromatic nitrogens is 1. The van der Waals surface area contributed by atoms with E-state index in [-0.39, 0.29) is 5.69 Å². The monoisotopic (exact) mass is 241 g/mol. The fourth-order valence-corrected chi connectivity index (χ4v) is 2.21. The van der Waals surface area contributed by atoms with E-state index in [9.17, 15) is 4.79 Å². The molecule has 0 unspecified atom stereocenters. The van der Waals surface area contributed by atoms with Gasteiger partial charge in [0.05, 0.1) is 12.1 Å². The summed E-state index contributed by atoms with van der Waals surface area (Å²) in [5.74, 6) is -0.470. The van der Waals surface area contributed by atoms with Gasteiger partial charge in [-0.3, -0.25) is 0 Å². The van der Waals surface area contributed by atoms with Crippen LogP contribution in [0.4, 0.5) is 0 Å². The minimum absolute atomic E-state index is 0.0613. The quantitative estimate of drug-likeness (QED) is 0.884. The highest BCUT2D eigenvalue weighted by molar-refractivity contribution is 6.31. The van der Waals surface area contributed by atoms with Crippen molar-refractivity contribution in [3.05, 3.63) is 22.5 Å². The summed E-state index contributed by atoms with van der Waals surface area (Å²) < 4.78 is 5.15. The lowest BCUT2D eigenvalue weighted by Gasteiger charge is -2.28. The first-order valence-corrected chi connectivity index (χ1v) is 5.48. The number of hydrogen-bond acceptors (Lipinski definition) is 3.